The molecule has 0 radical (unpaired) electrons. The summed E-state index contributed by atoms with van der Waals surface area (Å²) in [7, 11) is 4.57. The molecule has 2 aromatic rings. The lowest BCUT2D eigenvalue weighted by Crippen LogP contribution is -2.34. The van der Waals surface area contributed by atoms with Crippen LogP contribution in [0, 0.1) is 0 Å². The van der Waals surface area contributed by atoms with Crippen LogP contribution in [0.25, 0.3) is 0 Å². The summed E-state index contributed by atoms with van der Waals surface area (Å²) in [5, 5.41) is 0. The van der Waals surface area contributed by atoms with Crippen molar-refractivity contribution in [2.45, 2.75) is 38.2 Å². The first-order chi connectivity index (χ1) is 20.0. The summed E-state index contributed by atoms with van der Waals surface area (Å²) < 4.78 is 33.8. The number of hydrogen-bond acceptors (Lipinski definition) is 11. The van der Waals surface area contributed by atoms with Gasteiger partial charge in [-0.2, -0.15) is 0 Å². The zero-order valence-electron chi connectivity index (χ0n) is 24.3. The quantitative estimate of drug-likeness (QED) is 0.492. The molecule has 3 atom stereocenters. The summed E-state index contributed by atoms with van der Waals surface area (Å²) in [6.45, 7) is 6.22. The van der Waals surface area contributed by atoms with Crippen LogP contribution in [0.4, 0.5) is 0 Å². The Balaban J connectivity index is 1.51. The number of ether oxygens (including phenoxy) is 6. The highest BCUT2D eigenvalue weighted by molar-refractivity contribution is 5.91. The molecule has 1 aromatic carbocycles. The smallest absolute Gasteiger partial charge is 0.340 e. The van der Waals surface area contributed by atoms with Gasteiger partial charge in [0.25, 0.3) is 0 Å². The van der Waals surface area contributed by atoms with Gasteiger partial charge in [-0.3, -0.25) is 4.98 Å². The molecule has 1 aromatic heterocycles. The van der Waals surface area contributed by atoms with E-state index < -0.39 is 11.9 Å². The number of methoxy groups -OCH3 is 3. The lowest BCUT2D eigenvalue weighted by atomic mass is 10.1. The molecule has 11 heteroatoms. The first kappa shape index (κ1) is 30.4. The Kier molecular flexibility index (Phi) is 11.4. The first-order valence-electron chi connectivity index (χ1n) is 14.2. The number of benzene rings is 1. The number of esters is 2. The van der Waals surface area contributed by atoms with Crippen molar-refractivity contribution in [1.29, 1.82) is 0 Å². The van der Waals surface area contributed by atoms with Crippen LogP contribution in [-0.2, 0) is 9.47 Å². The molecule has 1 fully saturated rings. The van der Waals surface area contributed by atoms with Crippen molar-refractivity contribution < 1.29 is 38.0 Å². The Morgan fingerprint density at radius 3 is 2.34 bits per heavy atom. The molecule has 0 N–H and O–H groups in total. The molecular formula is C30H41N3O8. The zero-order chi connectivity index (χ0) is 29.0. The van der Waals surface area contributed by atoms with Crippen molar-refractivity contribution in [2.24, 2.45) is 0 Å². The van der Waals surface area contributed by atoms with E-state index in [4.69, 9.17) is 28.4 Å². The number of rotatable bonds is 5. The zero-order valence-corrected chi connectivity index (χ0v) is 24.3. The number of pyridine rings is 1. The van der Waals surface area contributed by atoms with Crippen molar-refractivity contribution in [1.82, 2.24) is 14.8 Å². The van der Waals surface area contributed by atoms with Crippen molar-refractivity contribution in [3.63, 3.8) is 0 Å². The van der Waals surface area contributed by atoms with Crippen molar-refractivity contribution in [3.05, 3.63) is 41.7 Å². The summed E-state index contributed by atoms with van der Waals surface area (Å²) in [6.07, 6.45) is 6.45. The van der Waals surface area contributed by atoms with E-state index in [9.17, 15) is 9.59 Å². The topological polar surface area (TPSA) is 109 Å². The van der Waals surface area contributed by atoms with Gasteiger partial charge in [0.05, 0.1) is 51.9 Å². The fraction of sp³-hybridized carbons (Fsp3) is 0.567. The fourth-order valence-corrected chi connectivity index (χ4v) is 5.11. The molecule has 11 nitrogen and oxygen atoms in total. The Morgan fingerprint density at radius 1 is 0.829 bits per heavy atom. The minimum Gasteiger partial charge on any atom is -0.495 e. The third kappa shape index (κ3) is 8.71. The van der Waals surface area contributed by atoms with E-state index in [1.165, 1.54) is 27.5 Å². The molecular weight excluding hydrogens is 530 g/mol. The molecule has 2 aliphatic rings. The summed E-state index contributed by atoms with van der Waals surface area (Å²) in [6, 6.07) is 4.85. The first-order valence-corrected chi connectivity index (χ1v) is 14.2. The van der Waals surface area contributed by atoms with E-state index >= 15 is 0 Å². The molecule has 3 unspecified atom stereocenters. The van der Waals surface area contributed by atoms with Gasteiger partial charge < -0.3 is 38.2 Å². The monoisotopic (exact) mass is 571 g/mol. The normalized spacial score (nSPS) is 22.5. The summed E-state index contributed by atoms with van der Waals surface area (Å²) in [5.74, 6) is 0.805. The van der Waals surface area contributed by atoms with Gasteiger partial charge in [-0.05, 0) is 63.4 Å². The molecule has 2 aliphatic heterocycles. The summed E-state index contributed by atoms with van der Waals surface area (Å²) in [5.41, 5.74) is 0.682. The molecule has 224 valence electrons. The third-order valence-corrected chi connectivity index (χ3v) is 7.37. The van der Waals surface area contributed by atoms with Crippen LogP contribution in [0.15, 0.2) is 30.6 Å². The molecule has 0 amide bonds. The van der Waals surface area contributed by atoms with Crippen molar-refractivity contribution in [3.8, 4) is 23.0 Å². The molecule has 3 heterocycles. The maximum absolute atomic E-state index is 13.0. The molecule has 0 saturated carbocycles. The van der Waals surface area contributed by atoms with Crippen molar-refractivity contribution in [2.75, 3.05) is 73.8 Å². The van der Waals surface area contributed by atoms with Gasteiger partial charge in [0, 0.05) is 32.4 Å². The van der Waals surface area contributed by atoms with Gasteiger partial charge >= 0.3 is 11.9 Å². The highest BCUT2D eigenvalue weighted by Crippen LogP contribution is 2.39. The molecule has 4 rings (SSSR count). The number of nitrogens with zero attached hydrogens (tertiary/aromatic N) is 3. The maximum Gasteiger partial charge on any atom is 0.340 e. The van der Waals surface area contributed by atoms with E-state index in [1.54, 1.807) is 24.4 Å². The Bertz CT molecular complexity index is 1160. The second-order valence-corrected chi connectivity index (χ2v) is 10.2. The van der Waals surface area contributed by atoms with Gasteiger partial charge in [0.15, 0.2) is 11.5 Å². The van der Waals surface area contributed by atoms with E-state index in [0.717, 1.165) is 52.1 Å². The minimum atomic E-state index is -0.435. The molecule has 0 spiro atoms. The number of hydrogen-bond donors (Lipinski definition) is 0. The lowest BCUT2D eigenvalue weighted by Gasteiger charge is -2.24. The SMILES string of the molecule is COc1cncc(C(=O)OC2CCCOc3cc(cc(OC)c3OC)C(=O)OCCCN3CCCN(CC2)CC3)c1. The number of fused-ring (bicyclic) bond motifs is 5. The largest absolute Gasteiger partial charge is 0.495 e. The Hall–Kier alpha value is -3.57. The van der Waals surface area contributed by atoms with Gasteiger partial charge in [0.1, 0.15) is 11.9 Å². The van der Waals surface area contributed by atoms with Gasteiger partial charge in [-0.15, -0.1) is 0 Å². The van der Waals surface area contributed by atoms with Crippen LogP contribution in [-0.4, -0.2) is 107 Å². The second-order valence-electron chi connectivity index (χ2n) is 10.2. The molecule has 0 aliphatic carbocycles. The number of carbonyl (C=O) groups is 2. The maximum atomic E-state index is 13.0. The summed E-state index contributed by atoms with van der Waals surface area (Å²) >= 11 is 0. The van der Waals surface area contributed by atoms with E-state index in [-0.39, 0.29) is 6.10 Å². The molecule has 4 bridgehead atoms. The Morgan fingerprint density at radius 2 is 1.59 bits per heavy atom. The number of carbonyl (C=O) groups excluding carboxylic acids is 2. The molecule has 41 heavy (non-hydrogen) atoms. The predicted molar refractivity (Wildman–Crippen MR) is 151 cm³/mol. The highest BCUT2D eigenvalue weighted by atomic mass is 16.5. The third-order valence-electron chi connectivity index (χ3n) is 7.37. The lowest BCUT2D eigenvalue weighted by molar-refractivity contribution is 0.0220. The number of aromatic nitrogens is 1. The van der Waals surface area contributed by atoms with Crippen LogP contribution < -0.4 is 18.9 Å². The van der Waals surface area contributed by atoms with Gasteiger partial charge in [-0.25, -0.2) is 9.59 Å². The Labute approximate surface area is 241 Å². The second kappa shape index (κ2) is 15.4. The van der Waals surface area contributed by atoms with Crippen LogP contribution >= 0.6 is 0 Å². The van der Waals surface area contributed by atoms with Gasteiger partial charge in [0.2, 0.25) is 5.75 Å². The average Bonchev–Trinajstić information content (AvgIpc) is 3.23. The summed E-state index contributed by atoms with van der Waals surface area (Å²) in [4.78, 5) is 34.8. The highest BCUT2D eigenvalue weighted by Gasteiger charge is 2.22. The van der Waals surface area contributed by atoms with Crippen LogP contribution in [0.3, 0.4) is 0 Å². The van der Waals surface area contributed by atoms with E-state index in [0.29, 0.717) is 66.6 Å². The van der Waals surface area contributed by atoms with Crippen molar-refractivity contribution >= 4 is 11.9 Å². The number of cyclic esters (lactones) is 1. The van der Waals surface area contributed by atoms with E-state index in [1.807, 2.05) is 0 Å². The average molecular weight is 572 g/mol. The van der Waals surface area contributed by atoms with E-state index in [2.05, 4.69) is 14.8 Å². The predicted octanol–water partition coefficient (Wildman–Crippen LogP) is 3.45. The van der Waals surface area contributed by atoms with Gasteiger partial charge in [-0.1, -0.05) is 0 Å². The van der Waals surface area contributed by atoms with Crippen LogP contribution in [0.1, 0.15) is 52.8 Å². The minimum absolute atomic E-state index is 0.309. The van der Waals surface area contributed by atoms with Crippen LogP contribution in [0.2, 0.25) is 0 Å². The fourth-order valence-electron chi connectivity index (χ4n) is 5.11. The molecule has 1 saturated heterocycles. The standard InChI is InChI=1S/C30H41N3O8/c1-36-25-17-23(20-31-21-25)30(35)41-24-7-4-15-39-27-19-22(18-26(37-2)28(27)38-3)29(34)40-16-6-11-32-9-5-10-33(12-8-24)14-13-32/h17-21,24H,4-16H2,1-3H3. The van der Waals surface area contributed by atoms with Crippen LogP contribution in [0.5, 0.6) is 23.0 Å².